The normalized spacial score (nSPS) is 16.0. The van der Waals surface area contributed by atoms with Crippen molar-refractivity contribution in [2.75, 3.05) is 0 Å². The van der Waals surface area contributed by atoms with E-state index in [4.69, 9.17) is 4.74 Å². The molecule has 1 N–H and O–H groups in total. The highest BCUT2D eigenvalue weighted by atomic mass is 16.5. The molecule has 1 aromatic heterocycles. The van der Waals surface area contributed by atoms with Gasteiger partial charge in [-0.25, -0.2) is 4.98 Å². The van der Waals surface area contributed by atoms with Gasteiger partial charge in [0.2, 0.25) is 0 Å². The smallest absolute Gasteiger partial charge is 0.138 e. The average molecular weight is 292 g/mol. The summed E-state index contributed by atoms with van der Waals surface area (Å²) in [6, 6.07) is 16.4. The fraction of sp³-hybridized carbons (Fsp3) is 0.316. The number of hydrogen-bond acceptors (Lipinski definition) is 2. The van der Waals surface area contributed by atoms with E-state index in [-0.39, 0.29) is 0 Å². The summed E-state index contributed by atoms with van der Waals surface area (Å²) in [5, 5.41) is 0. The third kappa shape index (κ3) is 2.71. The van der Waals surface area contributed by atoms with Gasteiger partial charge in [-0.3, -0.25) is 0 Å². The van der Waals surface area contributed by atoms with Crippen LogP contribution in [0, 0.1) is 0 Å². The molecule has 0 spiro atoms. The Morgan fingerprint density at radius 2 is 1.68 bits per heavy atom. The third-order valence-corrected chi connectivity index (χ3v) is 4.37. The van der Waals surface area contributed by atoms with E-state index in [9.17, 15) is 0 Å². The van der Waals surface area contributed by atoms with Gasteiger partial charge in [-0.05, 0) is 62.1 Å². The Kier molecular flexibility index (Phi) is 3.55. The Morgan fingerprint density at radius 1 is 0.909 bits per heavy atom. The lowest BCUT2D eigenvalue weighted by molar-refractivity contribution is 0.155. The molecule has 1 aliphatic carbocycles. The molecule has 1 fully saturated rings. The molecule has 1 saturated carbocycles. The van der Waals surface area contributed by atoms with E-state index in [1.165, 1.54) is 32.1 Å². The molecule has 22 heavy (non-hydrogen) atoms. The van der Waals surface area contributed by atoms with Crippen LogP contribution in [0.2, 0.25) is 0 Å². The number of aromatic amines is 1. The zero-order chi connectivity index (χ0) is 14.8. The Bertz CT molecular complexity index is 721. The summed E-state index contributed by atoms with van der Waals surface area (Å²) >= 11 is 0. The SMILES string of the molecule is c1ccc2[nH]c(-c3ccc(OC4CCCCC4)cc3)nc2c1. The van der Waals surface area contributed by atoms with E-state index in [0.29, 0.717) is 6.10 Å². The number of nitrogens with zero attached hydrogens (tertiary/aromatic N) is 1. The fourth-order valence-electron chi connectivity index (χ4n) is 3.16. The van der Waals surface area contributed by atoms with E-state index in [1.807, 2.05) is 24.3 Å². The largest absolute Gasteiger partial charge is 0.490 e. The highest BCUT2D eigenvalue weighted by Gasteiger charge is 2.14. The van der Waals surface area contributed by atoms with Crippen molar-refractivity contribution in [3.05, 3.63) is 48.5 Å². The van der Waals surface area contributed by atoms with Gasteiger partial charge in [0.25, 0.3) is 0 Å². The second-order valence-electron chi connectivity index (χ2n) is 6.00. The van der Waals surface area contributed by atoms with Crippen molar-refractivity contribution in [2.24, 2.45) is 0 Å². The number of fused-ring (bicyclic) bond motifs is 1. The van der Waals surface area contributed by atoms with Gasteiger partial charge in [0.1, 0.15) is 11.6 Å². The van der Waals surface area contributed by atoms with Crippen molar-refractivity contribution in [3.8, 4) is 17.1 Å². The lowest BCUT2D eigenvalue weighted by Crippen LogP contribution is -2.19. The van der Waals surface area contributed by atoms with Crippen LogP contribution in [0.15, 0.2) is 48.5 Å². The summed E-state index contributed by atoms with van der Waals surface area (Å²) in [4.78, 5) is 7.99. The first-order valence-corrected chi connectivity index (χ1v) is 8.10. The molecule has 0 atom stereocenters. The number of ether oxygens (including phenoxy) is 1. The molecular weight excluding hydrogens is 272 g/mol. The van der Waals surface area contributed by atoms with Crippen LogP contribution in [0.5, 0.6) is 5.75 Å². The van der Waals surface area contributed by atoms with Crippen LogP contribution < -0.4 is 4.74 Å². The van der Waals surface area contributed by atoms with E-state index < -0.39 is 0 Å². The van der Waals surface area contributed by atoms with Gasteiger partial charge in [-0.1, -0.05) is 18.6 Å². The third-order valence-electron chi connectivity index (χ3n) is 4.37. The van der Waals surface area contributed by atoms with Crippen molar-refractivity contribution in [1.29, 1.82) is 0 Å². The summed E-state index contributed by atoms with van der Waals surface area (Å²) in [5.74, 6) is 1.87. The van der Waals surface area contributed by atoms with Gasteiger partial charge < -0.3 is 9.72 Å². The number of aromatic nitrogens is 2. The standard InChI is InChI=1S/C19H20N2O/c1-2-6-15(7-3-1)22-16-12-10-14(11-13-16)19-20-17-8-4-5-9-18(17)21-19/h4-5,8-13,15H,1-3,6-7H2,(H,20,21). The van der Waals surface area contributed by atoms with Gasteiger partial charge in [-0.2, -0.15) is 0 Å². The summed E-state index contributed by atoms with van der Waals surface area (Å²) in [7, 11) is 0. The Labute approximate surface area is 130 Å². The number of nitrogens with one attached hydrogen (secondary N) is 1. The maximum atomic E-state index is 6.07. The lowest BCUT2D eigenvalue weighted by atomic mass is 9.98. The van der Waals surface area contributed by atoms with Crippen LogP contribution in [0.1, 0.15) is 32.1 Å². The van der Waals surface area contributed by atoms with E-state index in [2.05, 4.69) is 34.2 Å². The first kappa shape index (κ1) is 13.4. The molecule has 2 aromatic carbocycles. The predicted octanol–water partition coefficient (Wildman–Crippen LogP) is 4.94. The number of rotatable bonds is 3. The molecule has 4 rings (SSSR count). The van der Waals surface area contributed by atoms with Crippen molar-refractivity contribution >= 4 is 11.0 Å². The van der Waals surface area contributed by atoms with Gasteiger partial charge in [0, 0.05) is 5.56 Å². The summed E-state index contributed by atoms with van der Waals surface area (Å²) in [5.41, 5.74) is 3.16. The summed E-state index contributed by atoms with van der Waals surface area (Å²) < 4.78 is 6.07. The quantitative estimate of drug-likeness (QED) is 0.742. The molecule has 112 valence electrons. The molecule has 0 bridgehead atoms. The van der Waals surface area contributed by atoms with Gasteiger partial charge >= 0.3 is 0 Å². The molecule has 3 aromatic rings. The van der Waals surface area contributed by atoms with Crippen LogP contribution in [-0.2, 0) is 0 Å². The Balaban J connectivity index is 1.53. The molecule has 0 amide bonds. The second-order valence-corrected chi connectivity index (χ2v) is 6.00. The number of H-pyrrole nitrogens is 1. The minimum absolute atomic E-state index is 0.394. The molecular formula is C19H20N2O. The first-order chi connectivity index (χ1) is 10.9. The van der Waals surface area contributed by atoms with Crippen molar-refractivity contribution < 1.29 is 4.74 Å². The Morgan fingerprint density at radius 3 is 2.45 bits per heavy atom. The highest BCUT2D eigenvalue weighted by molar-refractivity contribution is 5.79. The predicted molar refractivity (Wildman–Crippen MR) is 89.0 cm³/mol. The van der Waals surface area contributed by atoms with E-state index in [1.54, 1.807) is 0 Å². The molecule has 3 heteroatoms. The topological polar surface area (TPSA) is 37.9 Å². The van der Waals surface area contributed by atoms with Crippen molar-refractivity contribution in [1.82, 2.24) is 9.97 Å². The van der Waals surface area contributed by atoms with Crippen LogP contribution in [-0.4, -0.2) is 16.1 Å². The van der Waals surface area contributed by atoms with E-state index in [0.717, 1.165) is 28.2 Å². The van der Waals surface area contributed by atoms with Gasteiger partial charge in [-0.15, -0.1) is 0 Å². The molecule has 0 radical (unpaired) electrons. The molecule has 3 nitrogen and oxygen atoms in total. The van der Waals surface area contributed by atoms with Crippen molar-refractivity contribution in [2.45, 2.75) is 38.2 Å². The number of hydrogen-bond donors (Lipinski definition) is 1. The number of para-hydroxylation sites is 2. The number of imidazole rings is 1. The Hall–Kier alpha value is -2.29. The van der Waals surface area contributed by atoms with Crippen molar-refractivity contribution in [3.63, 3.8) is 0 Å². The minimum Gasteiger partial charge on any atom is -0.490 e. The molecule has 1 heterocycles. The van der Waals surface area contributed by atoms with Gasteiger partial charge in [0.15, 0.2) is 0 Å². The second kappa shape index (κ2) is 5.84. The first-order valence-electron chi connectivity index (χ1n) is 8.10. The van der Waals surface area contributed by atoms with Gasteiger partial charge in [0.05, 0.1) is 17.1 Å². The summed E-state index contributed by atoms with van der Waals surface area (Å²) in [6.45, 7) is 0. The maximum absolute atomic E-state index is 6.07. The minimum atomic E-state index is 0.394. The molecule has 1 aliphatic rings. The van der Waals surface area contributed by atoms with Crippen LogP contribution >= 0.6 is 0 Å². The lowest BCUT2D eigenvalue weighted by Gasteiger charge is -2.23. The zero-order valence-corrected chi connectivity index (χ0v) is 12.6. The highest BCUT2D eigenvalue weighted by Crippen LogP contribution is 2.26. The molecule has 0 aliphatic heterocycles. The molecule has 0 saturated heterocycles. The van der Waals surface area contributed by atoms with Crippen LogP contribution in [0.25, 0.3) is 22.4 Å². The zero-order valence-electron chi connectivity index (χ0n) is 12.6. The summed E-state index contributed by atoms with van der Waals surface area (Å²) in [6.07, 6.45) is 6.70. The monoisotopic (exact) mass is 292 g/mol. The van der Waals surface area contributed by atoms with E-state index >= 15 is 0 Å². The fourth-order valence-corrected chi connectivity index (χ4v) is 3.16. The average Bonchev–Trinajstić information content (AvgIpc) is 3.00. The maximum Gasteiger partial charge on any atom is 0.138 e. The molecule has 0 unspecified atom stereocenters. The van der Waals surface area contributed by atoms with Crippen LogP contribution in [0.4, 0.5) is 0 Å². The van der Waals surface area contributed by atoms with Crippen LogP contribution in [0.3, 0.4) is 0 Å². The number of benzene rings is 2.